The van der Waals surface area contributed by atoms with Crippen molar-refractivity contribution in [1.29, 1.82) is 0 Å². The molecule has 1 aromatic rings. The van der Waals surface area contributed by atoms with E-state index in [2.05, 4.69) is 10.6 Å². The highest BCUT2D eigenvalue weighted by Gasteiger charge is 2.25. The first kappa shape index (κ1) is 13.5. The van der Waals surface area contributed by atoms with Gasteiger partial charge < -0.3 is 15.4 Å². The Morgan fingerprint density at radius 2 is 2.00 bits per heavy atom. The zero-order valence-electron chi connectivity index (χ0n) is 11.0. The zero-order valence-corrected chi connectivity index (χ0v) is 11.0. The van der Waals surface area contributed by atoms with Gasteiger partial charge in [0.25, 0.3) is 0 Å². The van der Waals surface area contributed by atoms with Crippen LogP contribution in [0.5, 0.6) is 5.75 Å². The predicted octanol–water partition coefficient (Wildman–Crippen LogP) is 1.94. The summed E-state index contributed by atoms with van der Waals surface area (Å²) in [4.78, 5) is 12.0. The Morgan fingerprint density at radius 3 is 2.53 bits per heavy atom. The summed E-state index contributed by atoms with van der Waals surface area (Å²) in [5.74, 6) is 0.576. The van der Waals surface area contributed by atoms with Crippen LogP contribution in [0.25, 0.3) is 0 Å². The lowest BCUT2D eigenvalue weighted by atomic mass is 10.0. The van der Waals surface area contributed by atoms with E-state index in [-0.39, 0.29) is 5.91 Å². The van der Waals surface area contributed by atoms with E-state index >= 15 is 0 Å². The number of carbonyl (C=O) groups is 1. The van der Waals surface area contributed by atoms with Crippen molar-refractivity contribution in [3.63, 3.8) is 0 Å². The maximum absolute atomic E-state index is 12.0. The van der Waals surface area contributed by atoms with Gasteiger partial charge in [0.15, 0.2) is 0 Å². The molecule has 0 bridgehead atoms. The van der Waals surface area contributed by atoms with Gasteiger partial charge in [-0.25, -0.2) is 0 Å². The lowest BCUT2D eigenvalue weighted by Crippen LogP contribution is -2.47. The molecule has 0 aliphatic heterocycles. The van der Waals surface area contributed by atoms with Gasteiger partial charge in [0.2, 0.25) is 5.91 Å². The van der Waals surface area contributed by atoms with Crippen molar-refractivity contribution in [1.82, 2.24) is 5.32 Å². The Balaban J connectivity index is 2.92. The molecule has 0 fully saturated rings. The van der Waals surface area contributed by atoms with E-state index in [9.17, 15) is 4.79 Å². The molecule has 17 heavy (non-hydrogen) atoms. The summed E-state index contributed by atoms with van der Waals surface area (Å²) in [7, 11) is 3.35. The second-order valence-electron chi connectivity index (χ2n) is 4.53. The minimum Gasteiger partial charge on any atom is -0.495 e. The molecule has 4 nitrogen and oxygen atoms in total. The van der Waals surface area contributed by atoms with Crippen LogP contribution in [-0.4, -0.2) is 25.6 Å². The summed E-state index contributed by atoms with van der Waals surface area (Å²) < 4.78 is 5.24. The number of rotatable bonds is 4. The largest absolute Gasteiger partial charge is 0.495 e. The van der Waals surface area contributed by atoms with Gasteiger partial charge in [-0.3, -0.25) is 4.79 Å². The number of carbonyl (C=O) groups excluding carboxylic acids is 1. The van der Waals surface area contributed by atoms with Crippen molar-refractivity contribution < 1.29 is 9.53 Å². The normalized spacial score (nSPS) is 11.1. The van der Waals surface area contributed by atoms with Crippen LogP contribution in [0.2, 0.25) is 0 Å². The third kappa shape index (κ3) is 3.20. The van der Waals surface area contributed by atoms with Crippen molar-refractivity contribution in [3.8, 4) is 5.75 Å². The van der Waals surface area contributed by atoms with Gasteiger partial charge in [-0.1, -0.05) is 6.07 Å². The number of nitrogens with one attached hydrogen (secondary N) is 2. The van der Waals surface area contributed by atoms with E-state index in [0.29, 0.717) is 11.4 Å². The van der Waals surface area contributed by atoms with Gasteiger partial charge in [0.05, 0.1) is 18.3 Å². The van der Waals surface area contributed by atoms with E-state index in [1.807, 2.05) is 39.0 Å². The van der Waals surface area contributed by atoms with Gasteiger partial charge in [-0.2, -0.15) is 0 Å². The Kier molecular flexibility index (Phi) is 4.12. The summed E-state index contributed by atoms with van der Waals surface area (Å²) in [6, 6.07) is 5.67. The second kappa shape index (κ2) is 5.19. The van der Waals surface area contributed by atoms with Crippen LogP contribution in [0.1, 0.15) is 19.4 Å². The molecule has 0 unspecified atom stereocenters. The molecule has 1 aromatic carbocycles. The minimum atomic E-state index is -0.615. The number of hydrogen-bond acceptors (Lipinski definition) is 3. The summed E-state index contributed by atoms with van der Waals surface area (Å²) in [6.07, 6.45) is 0. The Bertz CT molecular complexity index is 414. The molecule has 2 N–H and O–H groups in total. The van der Waals surface area contributed by atoms with Crippen LogP contribution in [0.4, 0.5) is 5.69 Å². The van der Waals surface area contributed by atoms with E-state index in [4.69, 9.17) is 4.74 Å². The topological polar surface area (TPSA) is 50.4 Å². The van der Waals surface area contributed by atoms with Crippen LogP contribution in [0.3, 0.4) is 0 Å². The maximum atomic E-state index is 12.0. The molecule has 0 saturated heterocycles. The Hall–Kier alpha value is -1.55. The van der Waals surface area contributed by atoms with Crippen molar-refractivity contribution in [3.05, 3.63) is 23.8 Å². The molecule has 0 heterocycles. The number of amides is 1. The molecular weight excluding hydrogens is 216 g/mol. The van der Waals surface area contributed by atoms with Gasteiger partial charge in [-0.05, 0) is 45.5 Å². The van der Waals surface area contributed by atoms with Crippen LogP contribution in [-0.2, 0) is 4.79 Å². The molecule has 0 aliphatic rings. The summed E-state index contributed by atoms with van der Waals surface area (Å²) >= 11 is 0. The molecular formula is C13H20N2O2. The Morgan fingerprint density at radius 1 is 1.35 bits per heavy atom. The highest BCUT2D eigenvalue weighted by molar-refractivity contribution is 5.98. The van der Waals surface area contributed by atoms with Crippen molar-refractivity contribution in [2.24, 2.45) is 0 Å². The smallest absolute Gasteiger partial charge is 0.244 e. The van der Waals surface area contributed by atoms with Crippen molar-refractivity contribution in [2.75, 3.05) is 19.5 Å². The number of hydrogen-bond donors (Lipinski definition) is 2. The molecule has 0 saturated carbocycles. The molecule has 4 heteroatoms. The fourth-order valence-electron chi connectivity index (χ4n) is 1.29. The second-order valence-corrected chi connectivity index (χ2v) is 4.53. The quantitative estimate of drug-likeness (QED) is 0.840. The van der Waals surface area contributed by atoms with Gasteiger partial charge in [0.1, 0.15) is 5.75 Å². The predicted molar refractivity (Wildman–Crippen MR) is 69.5 cm³/mol. The van der Waals surface area contributed by atoms with E-state index < -0.39 is 5.54 Å². The summed E-state index contributed by atoms with van der Waals surface area (Å²) in [5.41, 5.74) is 1.16. The molecule has 0 aliphatic carbocycles. The highest BCUT2D eigenvalue weighted by Crippen LogP contribution is 2.25. The number of likely N-dealkylation sites (N-methyl/N-ethyl adjacent to an activating group) is 1. The molecule has 0 spiro atoms. The van der Waals surface area contributed by atoms with Crippen LogP contribution < -0.4 is 15.4 Å². The summed E-state index contributed by atoms with van der Waals surface area (Å²) in [6.45, 7) is 5.62. The number of anilines is 1. The molecule has 1 amide bonds. The van der Waals surface area contributed by atoms with E-state index in [1.165, 1.54) is 0 Å². The first-order valence-electron chi connectivity index (χ1n) is 5.55. The van der Waals surface area contributed by atoms with E-state index in [0.717, 1.165) is 5.56 Å². The summed E-state index contributed by atoms with van der Waals surface area (Å²) in [5, 5.41) is 5.81. The van der Waals surface area contributed by atoms with Gasteiger partial charge in [-0.15, -0.1) is 0 Å². The zero-order chi connectivity index (χ0) is 13.1. The molecule has 0 atom stereocenters. The standard InChI is InChI=1S/C13H20N2O2/c1-9-6-7-10(11(8-9)17-5)15-12(16)13(2,3)14-4/h6-8,14H,1-5H3,(H,15,16). The lowest BCUT2D eigenvalue weighted by Gasteiger charge is -2.23. The first-order valence-corrected chi connectivity index (χ1v) is 5.55. The number of benzene rings is 1. The average molecular weight is 236 g/mol. The number of ether oxygens (including phenoxy) is 1. The van der Waals surface area contributed by atoms with Crippen LogP contribution in [0.15, 0.2) is 18.2 Å². The van der Waals surface area contributed by atoms with Crippen molar-refractivity contribution in [2.45, 2.75) is 26.3 Å². The monoisotopic (exact) mass is 236 g/mol. The molecule has 1 rings (SSSR count). The van der Waals surface area contributed by atoms with Crippen LogP contribution in [0, 0.1) is 6.92 Å². The van der Waals surface area contributed by atoms with E-state index in [1.54, 1.807) is 14.2 Å². The maximum Gasteiger partial charge on any atom is 0.244 e. The molecule has 0 radical (unpaired) electrons. The lowest BCUT2D eigenvalue weighted by molar-refractivity contribution is -0.121. The highest BCUT2D eigenvalue weighted by atomic mass is 16.5. The fraction of sp³-hybridized carbons (Fsp3) is 0.462. The number of aryl methyl sites for hydroxylation is 1. The third-order valence-electron chi connectivity index (χ3n) is 2.80. The fourth-order valence-corrected chi connectivity index (χ4v) is 1.29. The third-order valence-corrected chi connectivity index (χ3v) is 2.80. The van der Waals surface area contributed by atoms with Gasteiger partial charge >= 0.3 is 0 Å². The molecule has 94 valence electrons. The Labute approximate surface area is 102 Å². The number of methoxy groups -OCH3 is 1. The van der Waals surface area contributed by atoms with Gasteiger partial charge in [0, 0.05) is 0 Å². The SMILES string of the molecule is CNC(C)(C)C(=O)Nc1ccc(C)cc1OC. The first-order chi connectivity index (χ1) is 7.90. The average Bonchev–Trinajstić information content (AvgIpc) is 2.31. The molecule has 0 aromatic heterocycles. The van der Waals surface area contributed by atoms with Crippen LogP contribution >= 0.6 is 0 Å². The van der Waals surface area contributed by atoms with Crippen molar-refractivity contribution >= 4 is 11.6 Å². The minimum absolute atomic E-state index is 0.0952.